The van der Waals surface area contributed by atoms with Crippen LogP contribution in [0, 0.1) is 0 Å². The van der Waals surface area contributed by atoms with Gasteiger partial charge >= 0.3 is 0 Å². The maximum atomic E-state index is 5.70. The van der Waals surface area contributed by atoms with Gasteiger partial charge in [0.25, 0.3) is 0 Å². The zero-order valence-electron chi connectivity index (χ0n) is 7.48. The lowest BCUT2D eigenvalue weighted by molar-refractivity contribution is 1.15. The van der Waals surface area contributed by atoms with Crippen LogP contribution in [-0.4, -0.2) is 15.0 Å². The van der Waals surface area contributed by atoms with E-state index in [0.29, 0.717) is 17.2 Å². The van der Waals surface area contributed by atoms with Crippen LogP contribution in [0.25, 0.3) is 11.4 Å². The first-order valence-electron chi connectivity index (χ1n) is 4.08. The number of rotatable bonds is 1. The van der Waals surface area contributed by atoms with E-state index >= 15 is 0 Å². The van der Waals surface area contributed by atoms with Gasteiger partial charge in [-0.3, -0.25) is 0 Å². The summed E-state index contributed by atoms with van der Waals surface area (Å²) < 4.78 is 0.730. The van der Waals surface area contributed by atoms with Gasteiger partial charge in [-0.2, -0.15) is 0 Å². The van der Waals surface area contributed by atoms with Gasteiger partial charge < -0.3 is 5.73 Å². The maximum Gasteiger partial charge on any atom is 0.224 e. The Hall–Kier alpha value is -1.20. The fraction of sp³-hybridized carbons (Fsp3) is 0. The highest BCUT2D eigenvalue weighted by Gasteiger charge is 2.04. The summed E-state index contributed by atoms with van der Waals surface area (Å²) in [4.78, 5) is 12.0. The number of pyridine rings is 1. The third kappa shape index (κ3) is 2.43. The zero-order chi connectivity index (χ0) is 10.8. The number of nitrogens with zero attached hydrogens (tertiary/aromatic N) is 3. The summed E-state index contributed by atoms with van der Waals surface area (Å²) >= 11 is 8.98. The van der Waals surface area contributed by atoms with Crippen LogP contribution in [0.4, 0.5) is 5.82 Å². The highest BCUT2D eigenvalue weighted by atomic mass is 79.9. The molecule has 76 valence electrons. The van der Waals surface area contributed by atoms with Gasteiger partial charge in [0, 0.05) is 6.07 Å². The van der Waals surface area contributed by atoms with Gasteiger partial charge in [0.1, 0.15) is 10.4 Å². The number of hydrogen-bond acceptors (Lipinski definition) is 4. The molecule has 2 rings (SSSR count). The van der Waals surface area contributed by atoms with Gasteiger partial charge in [0.15, 0.2) is 0 Å². The van der Waals surface area contributed by atoms with Gasteiger partial charge in [-0.15, -0.1) is 0 Å². The van der Waals surface area contributed by atoms with Crippen molar-refractivity contribution >= 4 is 33.3 Å². The number of nitrogens with two attached hydrogens (primary N) is 1. The lowest BCUT2D eigenvalue weighted by atomic mass is 10.2. The van der Waals surface area contributed by atoms with Crippen LogP contribution in [0.3, 0.4) is 0 Å². The van der Waals surface area contributed by atoms with E-state index < -0.39 is 0 Å². The van der Waals surface area contributed by atoms with E-state index in [1.54, 1.807) is 6.07 Å². The number of hydrogen-bond donors (Lipinski definition) is 1. The molecule has 2 aromatic heterocycles. The fourth-order valence-electron chi connectivity index (χ4n) is 1.12. The Labute approximate surface area is 99.7 Å². The predicted molar refractivity (Wildman–Crippen MR) is 62.4 cm³/mol. The Morgan fingerprint density at radius 3 is 2.60 bits per heavy atom. The summed E-state index contributed by atoms with van der Waals surface area (Å²) in [6, 6.07) is 7.14. The molecule has 0 aliphatic rings. The first-order valence-corrected chi connectivity index (χ1v) is 5.25. The summed E-state index contributed by atoms with van der Waals surface area (Å²) in [5.74, 6) is 0.326. The average molecular weight is 286 g/mol. The van der Waals surface area contributed by atoms with Crippen molar-refractivity contribution in [3.63, 3.8) is 0 Å². The van der Waals surface area contributed by atoms with Crippen molar-refractivity contribution in [3.8, 4) is 11.4 Å². The van der Waals surface area contributed by atoms with Gasteiger partial charge in [-0.25, -0.2) is 15.0 Å². The van der Waals surface area contributed by atoms with Crippen LogP contribution in [0.1, 0.15) is 0 Å². The molecule has 2 heterocycles. The van der Waals surface area contributed by atoms with Crippen molar-refractivity contribution in [2.75, 3.05) is 5.73 Å². The molecular formula is C9H6BrClN4. The molecule has 0 radical (unpaired) electrons. The lowest BCUT2D eigenvalue weighted by Gasteiger charge is -2.01. The number of aromatic nitrogens is 3. The highest BCUT2D eigenvalue weighted by Crippen LogP contribution is 2.19. The van der Waals surface area contributed by atoms with E-state index in [4.69, 9.17) is 17.3 Å². The van der Waals surface area contributed by atoms with E-state index in [-0.39, 0.29) is 5.28 Å². The Kier molecular flexibility index (Phi) is 2.83. The summed E-state index contributed by atoms with van der Waals surface area (Å²) in [6.45, 7) is 0. The monoisotopic (exact) mass is 284 g/mol. The maximum absolute atomic E-state index is 5.70. The first kappa shape index (κ1) is 10.3. The minimum atomic E-state index is 0.117. The summed E-state index contributed by atoms with van der Waals surface area (Å²) in [6.07, 6.45) is 0. The van der Waals surface area contributed by atoms with Crippen LogP contribution in [0.15, 0.2) is 28.9 Å². The highest BCUT2D eigenvalue weighted by molar-refractivity contribution is 9.10. The van der Waals surface area contributed by atoms with Crippen molar-refractivity contribution < 1.29 is 0 Å². The molecule has 0 aromatic carbocycles. The number of nitrogen functional groups attached to an aromatic ring is 1. The molecule has 6 heteroatoms. The fourth-order valence-corrected chi connectivity index (χ4v) is 1.65. The second-order valence-corrected chi connectivity index (χ2v) is 3.94. The Bertz CT molecular complexity index is 483. The summed E-state index contributed by atoms with van der Waals surface area (Å²) in [5.41, 5.74) is 6.86. The Morgan fingerprint density at radius 2 is 1.93 bits per heavy atom. The summed E-state index contributed by atoms with van der Waals surface area (Å²) in [7, 11) is 0. The minimum Gasteiger partial charge on any atom is -0.384 e. The van der Waals surface area contributed by atoms with Crippen molar-refractivity contribution in [1.82, 2.24) is 15.0 Å². The largest absolute Gasteiger partial charge is 0.384 e. The van der Waals surface area contributed by atoms with Crippen LogP contribution in [0.2, 0.25) is 5.28 Å². The molecule has 15 heavy (non-hydrogen) atoms. The zero-order valence-corrected chi connectivity index (χ0v) is 9.83. The third-order valence-electron chi connectivity index (χ3n) is 1.70. The molecule has 0 bridgehead atoms. The molecule has 0 amide bonds. The van der Waals surface area contributed by atoms with Crippen molar-refractivity contribution in [2.24, 2.45) is 0 Å². The normalized spacial score (nSPS) is 10.3. The Balaban J connectivity index is 2.54. The van der Waals surface area contributed by atoms with Gasteiger partial charge in [-0.1, -0.05) is 6.07 Å². The molecule has 0 fully saturated rings. The smallest absolute Gasteiger partial charge is 0.224 e. The standard InChI is InChI=1S/C9H6BrClN4/c10-7-3-1-2-5(13-7)6-4-8(12)15-9(11)14-6/h1-4H,(H2,12,14,15). The molecule has 0 aliphatic carbocycles. The minimum absolute atomic E-state index is 0.117. The van der Waals surface area contributed by atoms with E-state index in [0.717, 1.165) is 4.60 Å². The SMILES string of the molecule is Nc1cc(-c2cccc(Br)n2)nc(Cl)n1. The molecular weight excluding hydrogens is 279 g/mol. The van der Waals surface area contributed by atoms with Gasteiger partial charge in [-0.05, 0) is 39.7 Å². The average Bonchev–Trinajstić information content (AvgIpc) is 2.16. The second kappa shape index (κ2) is 4.12. The van der Waals surface area contributed by atoms with E-state index in [1.165, 1.54) is 0 Å². The first-order chi connectivity index (χ1) is 7.15. The predicted octanol–water partition coefficient (Wildman–Crippen LogP) is 2.54. The third-order valence-corrected chi connectivity index (χ3v) is 2.31. The van der Waals surface area contributed by atoms with Crippen LogP contribution >= 0.6 is 27.5 Å². The lowest BCUT2D eigenvalue weighted by Crippen LogP contribution is -1.95. The summed E-state index contributed by atoms with van der Waals surface area (Å²) in [5, 5.41) is 0.117. The molecule has 0 atom stereocenters. The van der Waals surface area contributed by atoms with E-state index in [1.807, 2.05) is 18.2 Å². The van der Waals surface area contributed by atoms with Crippen LogP contribution < -0.4 is 5.73 Å². The van der Waals surface area contributed by atoms with Crippen molar-refractivity contribution in [2.45, 2.75) is 0 Å². The topological polar surface area (TPSA) is 64.7 Å². The molecule has 2 N–H and O–H groups in total. The van der Waals surface area contributed by atoms with Gasteiger partial charge in [0.2, 0.25) is 5.28 Å². The van der Waals surface area contributed by atoms with Crippen LogP contribution in [0.5, 0.6) is 0 Å². The van der Waals surface area contributed by atoms with E-state index in [2.05, 4.69) is 30.9 Å². The molecule has 2 aromatic rings. The van der Waals surface area contributed by atoms with Crippen molar-refractivity contribution in [3.05, 3.63) is 34.2 Å². The molecule has 0 spiro atoms. The number of anilines is 1. The quantitative estimate of drug-likeness (QED) is 0.646. The van der Waals surface area contributed by atoms with Crippen LogP contribution in [-0.2, 0) is 0 Å². The Morgan fingerprint density at radius 1 is 1.13 bits per heavy atom. The van der Waals surface area contributed by atoms with E-state index in [9.17, 15) is 0 Å². The molecule has 4 nitrogen and oxygen atoms in total. The molecule has 0 saturated heterocycles. The molecule has 0 aliphatic heterocycles. The molecule has 0 saturated carbocycles. The second-order valence-electron chi connectivity index (χ2n) is 2.79. The molecule has 0 unspecified atom stereocenters. The number of halogens is 2. The van der Waals surface area contributed by atoms with Gasteiger partial charge in [0.05, 0.1) is 11.4 Å². The van der Waals surface area contributed by atoms with Crippen molar-refractivity contribution in [1.29, 1.82) is 0 Å².